The smallest absolute Gasteiger partial charge is 0.329 e. The first-order valence-corrected chi connectivity index (χ1v) is 9.35. The van der Waals surface area contributed by atoms with E-state index in [0.717, 1.165) is 5.56 Å². The van der Waals surface area contributed by atoms with Crippen molar-refractivity contribution in [2.24, 2.45) is 0 Å². The Morgan fingerprint density at radius 1 is 1.07 bits per heavy atom. The SMILES string of the molecule is CC(=O)c1c(C)[nH]c(C(=O)[C@@H](C)OC(=O)[C@H](C)NC(=O)c2cccc(C)c2)c1C. The number of carbonyl (C=O) groups excluding carboxylic acids is 4. The molecule has 2 N–H and O–H groups in total. The molecule has 7 nitrogen and oxygen atoms in total. The highest BCUT2D eigenvalue weighted by atomic mass is 16.5. The van der Waals surface area contributed by atoms with Crippen LogP contribution < -0.4 is 5.32 Å². The predicted octanol–water partition coefficient (Wildman–Crippen LogP) is 3.08. The molecule has 0 bridgehead atoms. The molecule has 154 valence electrons. The largest absolute Gasteiger partial charge is 0.453 e. The first-order chi connectivity index (χ1) is 13.5. The van der Waals surface area contributed by atoms with Crippen molar-refractivity contribution in [2.75, 3.05) is 0 Å². The average molecular weight is 398 g/mol. The van der Waals surface area contributed by atoms with Gasteiger partial charge in [-0.05, 0) is 59.2 Å². The molecule has 2 rings (SSSR count). The molecular weight excluding hydrogens is 372 g/mol. The molecule has 0 radical (unpaired) electrons. The lowest BCUT2D eigenvalue weighted by Crippen LogP contribution is -2.41. The number of hydrogen-bond donors (Lipinski definition) is 2. The predicted molar refractivity (Wildman–Crippen MR) is 108 cm³/mol. The summed E-state index contributed by atoms with van der Waals surface area (Å²) in [6.45, 7) is 9.62. The number of aromatic nitrogens is 1. The Balaban J connectivity index is 2.04. The van der Waals surface area contributed by atoms with E-state index in [-0.39, 0.29) is 11.5 Å². The molecule has 2 aromatic rings. The van der Waals surface area contributed by atoms with Crippen molar-refractivity contribution in [3.63, 3.8) is 0 Å². The minimum absolute atomic E-state index is 0.146. The van der Waals surface area contributed by atoms with Gasteiger partial charge in [0.25, 0.3) is 5.91 Å². The van der Waals surface area contributed by atoms with E-state index in [1.807, 2.05) is 13.0 Å². The minimum atomic E-state index is -1.07. The third-order valence-corrected chi connectivity index (χ3v) is 4.68. The van der Waals surface area contributed by atoms with Crippen LogP contribution >= 0.6 is 0 Å². The number of aryl methyl sites for hydroxylation is 2. The molecule has 7 heteroatoms. The molecule has 2 atom stereocenters. The van der Waals surface area contributed by atoms with Gasteiger partial charge in [-0.15, -0.1) is 0 Å². The summed E-state index contributed by atoms with van der Waals surface area (Å²) in [5, 5.41) is 2.57. The lowest BCUT2D eigenvalue weighted by molar-refractivity contribution is -0.148. The first-order valence-electron chi connectivity index (χ1n) is 9.35. The summed E-state index contributed by atoms with van der Waals surface area (Å²) in [5.74, 6) is -1.71. The summed E-state index contributed by atoms with van der Waals surface area (Å²) in [5.41, 5.74) is 3.19. The zero-order valence-corrected chi connectivity index (χ0v) is 17.5. The van der Waals surface area contributed by atoms with E-state index in [1.165, 1.54) is 20.8 Å². The fourth-order valence-corrected chi connectivity index (χ4v) is 3.18. The first kappa shape index (κ1) is 22.1. The van der Waals surface area contributed by atoms with Gasteiger partial charge in [-0.3, -0.25) is 14.4 Å². The normalized spacial score (nSPS) is 12.8. The van der Waals surface area contributed by atoms with Crippen molar-refractivity contribution < 1.29 is 23.9 Å². The molecule has 1 aromatic carbocycles. The molecule has 29 heavy (non-hydrogen) atoms. The number of benzene rings is 1. The average Bonchev–Trinajstić information content (AvgIpc) is 2.95. The van der Waals surface area contributed by atoms with Gasteiger partial charge in [-0.2, -0.15) is 0 Å². The molecule has 1 aromatic heterocycles. The fourth-order valence-electron chi connectivity index (χ4n) is 3.18. The molecule has 0 aliphatic carbocycles. The minimum Gasteiger partial charge on any atom is -0.453 e. The van der Waals surface area contributed by atoms with Crippen LogP contribution in [-0.4, -0.2) is 40.6 Å². The summed E-state index contributed by atoms with van der Waals surface area (Å²) in [4.78, 5) is 51.9. The maximum atomic E-state index is 12.7. The summed E-state index contributed by atoms with van der Waals surface area (Å²) in [6.07, 6.45) is -1.07. The molecule has 1 heterocycles. The van der Waals surface area contributed by atoms with E-state index in [1.54, 1.807) is 32.0 Å². The Bertz CT molecular complexity index is 974. The summed E-state index contributed by atoms with van der Waals surface area (Å²) in [7, 11) is 0. The lowest BCUT2D eigenvalue weighted by atomic mass is 10.0. The number of nitrogens with one attached hydrogen (secondary N) is 2. The topological polar surface area (TPSA) is 105 Å². The van der Waals surface area contributed by atoms with Crippen LogP contribution in [-0.2, 0) is 9.53 Å². The zero-order chi connectivity index (χ0) is 21.9. The van der Waals surface area contributed by atoms with E-state index in [4.69, 9.17) is 4.74 Å². The maximum absolute atomic E-state index is 12.7. The Morgan fingerprint density at radius 2 is 1.72 bits per heavy atom. The fraction of sp³-hybridized carbons (Fsp3) is 0.364. The van der Waals surface area contributed by atoms with Gasteiger partial charge in [0.2, 0.25) is 5.78 Å². The summed E-state index contributed by atoms with van der Waals surface area (Å²) < 4.78 is 5.25. The quantitative estimate of drug-likeness (QED) is 0.551. The second-order valence-corrected chi connectivity index (χ2v) is 7.19. The van der Waals surface area contributed by atoms with Crippen LogP contribution in [0.1, 0.15) is 68.8 Å². The number of hydrogen-bond acceptors (Lipinski definition) is 5. The number of esters is 1. The number of ether oxygens (including phenoxy) is 1. The highest BCUT2D eigenvalue weighted by Gasteiger charge is 2.28. The Hall–Kier alpha value is -3.22. The van der Waals surface area contributed by atoms with E-state index in [0.29, 0.717) is 22.4 Å². The van der Waals surface area contributed by atoms with E-state index in [2.05, 4.69) is 10.3 Å². The third kappa shape index (κ3) is 4.99. The van der Waals surface area contributed by atoms with Crippen molar-refractivity contribution in [1.82, 2.24) is 10.3 Å². The Kier molecular flexibility index (Phi) is 6.74. The van der Waals surface area contributed by atoms with Gasteiger partial charge >= 0.3 is 5.97 Å². The van der Waals surface area contributed by atoms with Gasteiger partial charge in [0, 0.05) is 16.8 Å². The van der Waals surface area contributed by atoms with Gasteiger partial charge in [-0.25, -0.2) is 4.79 Å². The Morgan fingerprint density at radius 3 is 2.28 bits per heavy atom. The van der Waals surface area contributed by atoms with Crippen LogP contribution in [0.2, 0.25) is 0 Å². The second-order valence-electron chi connectivity index (χ2n) is 7.19. The van der Waals surface area contributed by atoms with Crippen LogP contribution in [0.5, 0.6) is 0 Å². The molecular formula is C22H26N2O5. The number of Topliss-reactive ketones (excluding diaryl/α,β-unsaturated/α-hetero) is 2. The Labute approximate surface area is 169 Å². The highest BCUT2D eigenvalue weighted by molar-refractivity contribution is 6.05. The number of rotatable bonds is 7. The third-order valence-electron chi connectivity index (χ3n) is 4.68. The zero-order valence-electron chi connectivity index (χ0n) is 17.5. The van der Waals surface area contributed by atoms with E-state index in [9.17, 15) is 19.2 Å². The summed E-state index contributed by atoms with van der Waals surface area (Å²) in [6, 6.07) is 6.04. The van der Waals surface area contributed by atoms with Crippen LogP contribution in [0.3, 0.4) is 0 Å². The van der Waals surface area contributed by atoms with Crippen molar-refractivity contribution in [3.8, 4) is 0 Å². The molecule has 0 aliphatic rings. The van der Waals surface area contributed by atoms with Gasteiger partial charge in [-0.1, -0.05) is 17.7 Å². The van der Waals surface area contributed by atoms with Gasteiger partial charge in [0.05, 0.1) is 5.69 Å². The van der Waals surface area contributed by atoms with Crippen LogP contribution in [0.15, 0.2) is 24.3 Å². The van der Waals surface area contributed by atoms with E-state index < -0.39 is 29.8 Å². The van der Waals surface area contributed by atoms with Gasteiger partial charge < -0.3 is 15.0 Å². The molecule has 0 spiro atoms. The van der Waals surface area contributed by atoms with Crippen molar-refractivity contribution in [2.45, 2.75) is 53.7 Å². The molecule has 0 unspecified atom stereocenters. The van der Waals surface area contributed by atoms with E-state index >= 15 is 0 Å². The molecule has 1 amide bonds. The molecule has 0 saturated carbocycles. The van der Waals surface area contributed by atoms with Crippen LogP contribution in [0.4, 0.5) is 0 Å². The summed E-state index contributed by atoms with van der Waals surface area (Å²) >= 11 is 0. The van der Waals surface area contributed by atoms with Crippen LogP contribution in [0.25, 0.3) is 0 Å². The van der Waals surface area contributed by atoms with Crippen molar-refractivity contribution in [1.29, 1.82) is 0 Å². The van der Waals surface area contributed by atoms with Gasteiger partial charge in [0.15, 0.2) is 11.9 Å². The second kappa shape index (κ2) is 8.86. The standard InChI is InChI=1S/C22H26N2O5/c1-11-8-7-9-17(10-11)21(27)24-14(4)22(28)29-16(6)20(26)19-12(2)18(15(5)25)13(3)23-19/h7-10,14,16,23H,1-6H3,(H,24,27)/t14-,16+/m0/s1. The number of ketones is 2. The number of aromatic amines is 1. The van der Waals surface area contributed by atoms with Crippen LogP contribution in [0, 0.1) is 20.8 Å². The maximum Gasteiger partial charge on any atom is 0.329 e. The number of H-pyrrole nitrogens is 1. The van der Waals surface area contributed by atoms with Crippen molar-refractivity contribution in [3.05, 3.63) is 57.9 Å². The molecule has 0 fully saturated rings. The van der Waals surface area contributed by atoms with Crippen molar-refractivity contribution >= 4 is 23.4 Å². The monoisotopic (exact) mass is 398 g/mol. The van der Waals surface area contributed by atoms with Gasteiger partial charge in [0.1, 0.15) is 6.04 Å². The highest BCUT2D eigenvalue weighted by Crippen LogP contribution is 2.20. The number of amides is 1. The molecule has 0 aliphatic heterocycles. The molecule has 0 saturated heterocycles. The lowest BCUT2D eigenvalue weighted by Gasteiger charge is -2.17. The number of carbonyl (C=O) groups is 4.